The Labute approximate surface area is 129 Å². The number of benzene rings is 1. The van der Waals surface area contributed by atoms with Gasteiger partial charge in [0.05, 0.1) is 6.04 Å². The van der Waals surface area contributed by atoms with Gasteiger partial charge in [-0.2, -0.15) is 4.98 Å². The molecule has 1 unspecified atom stereocenters. The number of hydrogen-bond acceptors (Lipinski definition) is 6. The molecule has 0 radical (unpaired) electrons. The van der Waals surface area contributed by atoms with Gasteiger partial charge in [0, 0.05) is 19.6 Å². The first-order chi connectivity index (χ1) is 9.83. The van der Waals surface area contributed by atoms with Crippen molar-refractivity contribution in [2.45, 2.75) is 12.6 Å². The predicted molar refractivity (Wildman–Crippen MR) is 80.6 cm³/mol. The number of rotatable bonds is 4. The summed E-state index contributed by atoms with van der Waals surface area (Å²) in [5, 5.41) is 7.39. The number of piperazine rings is 1. The van der Waals surface area contributed by atoms with Gasteiger partial charge >= 0.3 is 0 Å². The topological polar surface area (TPSA) is 63.4 Å². The zero-order valence-electron chi connectivity index (χ0n) is 11.9. The lowest BCUT2D eigenvalue weighted by atomic mass is 10.2. The van der Waals surface area contributed by atoms with Crippen LogP contribution in [0.15, 0.2) is 34.9 Å². The molecule has 2 aromatic rings. The Kier molecular flexibility index (Phi) is 5.55. The summed E-state index contributed by atoms with van der Waals surface area (Å²) in [7, 11) is 2.07. The van der Waals surface area contributed by atoms with Crippen LogP contribution in [0, 0.1) is 0 Å². The molecule has 0 spiro atoms. The number of likely N-dealkylation sites (N-methyl/N-ethyl adjacent to an activating group) is 1. The normalized spacial score (nSPS) is 19.0. The van der Waals surface area contributed by atoms with E-state index in [9.17, 15) is 0 Å². The molecule has 114 valence electrons. The van der Waals surface area contributed by atoms with Crippen molar-refractivity contribution in [1.82, 2.24) is 20.4 Å². The lowest BCUT2D eigenvalue weighted by Crippen LogP contribution is -2.44. The Balaban J connectivity index is 0.00000161. The fourth-order valence-electron chi connectivity index (χ4n) is 2.22. The highest BCUT2D eigenvalue weighted by atomic mass is 35.5. The van der Waals surface area contributed by atoms with Gasteiger partial charge in [0.2, 0.25) is 0 Å². The highest BCUT2D eigenvalue weighted by molar-refractivity contribution is 5.85. The van der Waals surface area contributed by atoms with Crippen LogP contribution in [-0.2, 0) is 6.61 Å². The van der Waals surface area contributed by atoms with Crippen molar-refractivity contribution < 1.29 is 9.26 Å². The first-order valence-electron chi connectivity index (χ1n) is 6.74. The summed E-state index contributed by atoms with van der Waals surface area (Å²) in [4.78, 5) is 6.64. The molecule has 1 atom stereocenters. The highest BCUT2D eigenvalue weighted by Crippen LogP contribution is 2.18. The van der Waals surface area contributed by atoms with Gasteiger partial charge in [0.25, 0.3) is 5.89 Å². The zero-order valence-corrected chi connectivity index (χ0v) is 12.7. The van der Waals surface area contributed by atoms with Crippen molar-refractivity contribution in [3.8, 4) is 5.75 Å². The molecule has 6 nitrogen and oxygen atoms in total. The number of aromatic nitrogens is 2. The van der Waals surface area contributed by atoms with E-state index >= 15 is 0 Å². The van der Waals surface area contributed by atoms with Crippen LogP contribution >= 0.6 is 12.4 Å². The first kappa shape index (κ1) is 15.8. The van der Waals surface area contributed by atoms with Crippen molar-refractivity contribution in [2.75, 3.05) is 26.7 Å². The van der Waals surface area contributed by atoms with E-state index in [0.717, 1.165) is 25.4 Å². The molecule has 1 fully saturated rings. The Bertz CT molecular complexity index is 549. The quantitative estimate of drug-likeness (QED) is 0.926. The van der Waals surface area contributed by atoms with Crippen LogP contribution in [0.4, 0.5) is 0 Å². The average molecular weight is 311 g/mol. The van der Waals surface area contributed by atoms with Gasteiger partial charge in [-0.25, -0.2) is 0 Å². The molecule has 1 N–H and O–H groups in total. The second kappa shape index (κ2) is 7.40. The minimum absolute atomic E-state index is 0. The van der Waals surface area contributed by atoms with Crippen LogP contribution in [0.1, 0.15) is 17.8 Å². The minimum atomic E-state index is 0. The molecule has 2 heterocycles. The van der Waals surface area contributed by atoms with E-state index in [1.807, 2.05) is 30.3 Å². The smallest absolute Gasteiger partial charge is 0.264 e. The van der Waals surface area contributed by atoms with Crippen LogP contribution in [-0.4, -0.2) is 41.7 Å². The van der Waals surface area contributed by atoms with Gasteiger partial charge in [-0.05, 0) is 19.2 Å². The van der Waals surface area contributed by atoms with Gasteiger partial charge in [-0.3, -0.25) is 4.90 Å². The van der Waals surface area contributed by atoms with Crippen LogP contribution in [0.3, 0.4) is 0 Å². The summed E-state index contributed by atoms with van der Waals surface area (Å²) in [5.74, 6) is 2.01. The molecule has 0 aliphatic carbocycles. The summed E-state index contributed by atoms with van der Waals surface area (Å²) < 4.78 is 10.8. The van der Waals surface area contributed by atoms with E-state index in [1.54, 1.807) is 0 Å². The third kappa shape index (κ3) is 3.93. The number of nitrogens with zero attached hydrogens (tertiary/aromatic N) is 3. The number of para-hydroxylation sites is 1. The molecule has 1 aromatic heterocycles. The first-order valence-corrected chi connectivity index (χ1v) is 6.74. The van der Waals surface area contributed by atoms with Crippen molar-refractivity contribution >= 4 is 12.4 Å². The van der Waals surface area contributed by atoms with Crippen molar-refractivity contribution in [2.24, 2.45) is 0 Å². The summed E-state index contributed by atoms with van der Waals surface area (Å²) in [6, 6.07) is 9.77. The van der Waals surface area contributed by atoms with E-state index in [4.69, 9.17) is 9.26 Å². The molecular formula is C14H19ClN4O2. The monoisotopic (exact) mass is 310 g/mol. The second-order valence-electron chi connectivity index (χ2n) is 4.85. The Morgan fingerprint density at radius 1 is 1.38 bits per heavy atom. The van der Waals surface area contributed by atoms with E-state index in [-0.39, 0.29) is 18.4 Å². The van der Waals surface area contributed by atoms with Crippen LogP contribution in [0.25, 0.3) is 0 Å². The number of halogens is 1. The van der Waals surface area contributed by atoms with E-state index < -0.39 is 0 Å². The van der Waals surface area contributed by atoms with Gasteiger partial charge in [-0.15, -0.1) is 12.4 Å². The summed E-state index contributed by atoms with van der Waals surface area (Å²) >= 11 is 0. The molecular weight excluding hydrogens is 292 g/mol. The molecule has 0 amide bonds. The largest absolute Gasteiger partial charge is 0.484 e. The standard InChI is InChI=1S/C14H18N4O2.ClH/c1-18-8-7-15-9-12(18)14-16-13(20-17-14)10-19-11-5-3-2-4-6-11;/h2-6,12,15H,7-10H2,1H3;1H. The zero-order chi connectivity index (χ0) is 13.8. The molecule has 1 aromatic carbocycles. The molecule has 21 heavy (non-hydrogen) atoms. The Hall–Kier alpha value is -1.63. The van der Waals surface area contributed by atoms with Crippen LogP contribution in [0.5, 0.6) is 5.75 Å². The average Bonchev–Trinajstić information content (AvgIpc) is 2.95. The predicted octanol–water partition coefficient (Wildman–Crippen LogP) is 1.65. The van der Waals surface area contributed by atoms with Gasteiger partial charge in [0.1, 0.15) is 5.75 Å². The fourth-order valence-corrected chi connectivity index (χ4v) is 2.22. The number of hydrogen-bond donors (Lipinski definition) is 1. The third-order valence-electron chi connectivity index (χ3n) is 3.40. The summed E-state index contributed by atoms with van der Waals surface area (Å²) in [6.07, 6.45) is 0. The van der Waals surface area contributed by atoms with Gasteiger partial charge in [0.15, 0.2) is 12.4 Å². The SMILES string of the molecule is CN1CCNCC1c1noc(COc2ccccc2)n1.Cl. The van der Waals surface area contributed by atoms with Crippen LogP contribution in [0.2, 0.25) is 0 Å². The van der Waals surface area contributed by atoms with Crippen molar-refractivity contribution in [3.05, 3.63) is 42.0 Å². The molecule has 0 saturated carbocycles. The van der Waals surface area contributed by atoms with E-state index in [1.165, 1.54) is 0 Å². The lowest BCUT2D eigenvalue weighted by Gasteiger charge is -2.30. The third-order valence-corrected chi connectivity index (χ3v) is 3.40. The minimum Gasteiger partial charge on any atom is -0.484 e. The van der Waals surface area contributed by atoms with E-state index in [0.29, 0.717) is 18.3 Å². The second-order valence-corrected chi connectivity index (χ2v) is 4.85. The van der Waals surface area contributed by atoms with Crippen molar-refractivity contribution in [1.29, 1.82) is 0 Å². The van der Waals surface area contributed by atoms with E-state index in [2.05, 4.69) is 27.4 Å². The molecule has 1 aliphatic heterocycles. The Morgan fingerprint density at radius 3 is 2.95 bits per heavy atom. The van der Waals surface area contributed by atoms with Gasteiger partial charge < -0.3 is 14.6 Å². The highest BCUT2D eigenvalue weighted by Gasteiger charge is 2.25. The maximum Gasteiger partial charge on any atom is 0.264 e. The molecule has 3 rings (SSSR count). The Morgan fingerprint density at radius 2 is 2.19 bits per heavy atom. The summed E-state index contributed by atoms with van der Waals surface area (Å²) in [6.45, 7) is 3.11. The maximum atomic E-state index is 5.59. The number of ether oxygens (including phenoxy) is 1. The van der Waals surface area contributed by atoms with Crippen LogP contribution < -0.4 is 10.1 Å². The molecule has 1 aliphatic rings. The molecule has 7 heteroatoms. The lowest BCUT2D eigenvalue weighted by molar-refractivity contribution is 0.189. The maximum absolute atomic E-state index is 5.59. The fraction of sp³-hybridized carbons (Fsp3) is 0.429. The molecule has 0 bridgehead atoms. The van der Waals surface area contributed by atoms with Gasteiger partial charge in [-0.1, -0.05) is 23.4 Å². The molecule has 1 saturated heterocycles. The number of nitrogens with one attached hydrogen (secondary N) is 1. The summed E-state index contributed by atoms with van der Waals surface area (Å²) in [5.41, 5.74) is 0. The van der Waals surface area contributed by atoms with Crippen molar-refractivity contribution in [3.63, 3.8) is 0 Å².